The zero-order valence-corrected chi connectivity index (χ0v) is 14.6. The fraction of sp³-hybridized carbons (Fsp3) is 0.421. The van der Waals surface area contributed by atoms with Crippen LogP contribution in [0.25, 0.3) is 0 Å². The van der Waals surface area contributed by atoms with Crippen LogP contribution in [-0.4, -0.2) is 50.3 Å². The third-order valence-electron chi connectivity index (χ3n) is 4.63. The molecule has 0 bridgehead atoms. The fourth-order valence-electron chi connectivity index (χ4n) is 3.19. The van der Waals surface area contributed by atoms with E-state index in [2.05, 4.69) is 40.0 Å². The Morgan fingerprint density at radius 2 is 1.92 bits per heavy atom. The van der Waals surface area contributed by atoms with Crippen LogP contribution >= 0.6 is 0 Å². The quantitative estimate of drug-likeness (QED) is 0.816. The van der Waals surface area contributed by atoms with E-state index in [9.17, 15) is 0 Å². The second-order valence-corrected chi connectivity index (χ2v) is 6.20. The molecule has 3 rings (SSSR count). The minimum Gasteiger partial charge on any atom is -0.497 e. The van der Waals surface area contributed by atoms with E-state index < -0.39 is 0 Å². The van der Waals surface area contributed by atoms with Crippen molar-refractivity contribution in [2.24, 2.45) is 0 Å². The van der Waals surface area contributed by atoms with Crippen molar-refractivity contribution in [3.05, 3.63) is 48.3 Å². The van der Waals surface area contributed by atoms with E-state index in [1.165, 1.54) is 0 Å². The molecule has 1 aliphatic rings. The molecular weight excluding hydrogens is 302 g/mol. The highest BCUT2D eigenvalue weighted by Gasteiger charge is 2.26. The zero-order valence-electron chi connectivity index (χ0n) is 14.6. The monoisotopic (exact) mass is 327 g/mol. The highest BCUT2D eigenvalue weighted by molar-refractivity contribution is 5.56. The number of benzene rings is 1. The normalized spacial score (nSPS) is 17.3. The topological polar surface area (TPSA) is 37.8 Å². The number of methoxy groups -OCH3 is 2. The second kappa shape index (κ2) is 7.53. The molecule has 24 heavy (non-hydrogen) atoms. The van der Waals surface area contributed by atoms with Crippen LogP contribution in [-0.2, 0) is 6.54 Å². The van der Waals surface area contributed by atoms with Gasteiger partial charge in [0.15, 0.2) is 0 Å². The molecule has 1 aromatic carbocycles. The Balaban J connectivity index is 1.66. The smallest absolute Gasteiger partial charge is 0.124 e. The van der Waals surface area contributed by atoms with Crippen molar-refractivity contribution >= 4 is 5.69 Å². The number of nitrogens with zero attached hydrogens (tertiary/aromatic N) is 3. The standard InChI is InChI=1S/C19H25N3O2/c1-21(13-15-6-4-5-8-20-15)16-7-9-22(14-16)17-10-18(23-2)12-19(11-17)24-3/h4-6,8,10-12,16H,7,9,13-14H2,1-3H3/t16-/m1/s1. The van der Waals surface area contributed by atoms with E-state index in [1.807, 2.05) is 24.4 Å². The maximum atomic E-state index is 5.38. The van der Waals surface area contributed by atoms with Gasteiger partial charge in [0.05, 0.1) is 19.9 Å². The molecule has 0 radical (unpaired) electrons. The van der Waals surface area contributed by atoms with E-state index in [-0.39, 0.29) is 0 Å². The van der Waals surface area contributed by atoms with Crippen molar-refractivity contribution in [1.82, 2.24) is 9.88 Å². The summed E-state index contributed by atoms with van der Waals surface area (Å²) in [4.78, 5) is 9.21. The molecule has 2 aromatic rings. The lowest BCUT2D eigenvalue weighted by Crippen LogP contribution is -2.34. The zero-order chi connectivity index (χ0) is 16.9. The minimum atomic E-state index is 0.518. The predicted molar refractivity (Wildman–Crippen MR) is 95.9 cm³/mol. The first-order valence-electron chi connectivity index (χ1n) is 8.28. The van der Waals surface area contributed by atoms with Crippen LogP contribution < -0.4 is 14.4 Å². The summed E-state index contributed by atoms with van der Waals surface area (Å²) in [6, 6.07) is 12.6. The molecule has 1 aromatic heterocycles. The van der Waals surface area contributed by atoms with Gasteiger partial charge in [0, 0.05) is 55.8 Å². The summed E-state index contributed by atoms with van der Waals surface area (Å²) >= 11 is 0. The molecule has 0 spiro atoms. The van der Waals surface area contributed by atoms with Crippen molar-refractivity contribution in [3.8, 4) is 11.5 Å². The van der Waals surface area contributed by atoms with Gasteiger partial charge in [-0.25, -0.2) is 0 Å². The molecule has 0 saturated carbocycles. The van der Waals surface area contributed by atoms with Crippen molar-refractivity contribution in [1.29, 1.82) is 0 Å². The summed E-state index contributed by atoms with van der Waals surface area (Å²) in [5.41, 5.74) is 2.27. The molecule has 1 fully saturated rings. The molecule has 1 aliphatic heterocycles. The molecule has 5 nitrogen and oxygen atoms in total. The average molecular weight is 327 g/mol. The highest BCUT2D eigenvalue weighted by atomic mass is 16.5. The first-order chi connectivity index (χ1) is 11.7. The molecular formula is C19H25N3O2. The summed E-state index contributed by atoms with van der Waals surface area (Å²) in [6.07, 6.45) is 3.00. The lowest BCUT2D eigenvalue weighted by atomic mass is 10.2. The number of hydrogen-bond donors (Lipinski definition) is 0. The lowest BCUT2D eigenvalue weighted by molar-refractivity contribution is 0.248. The lowest BCUT2D eigenvalue weighted by Gasteiger charge is -2.25. The van der Waals surface area contributed by atoms with Gasteiger partial charge in [0.2, 0.25) is 0 Å². The number of likely N-dealkylation sites (N-methyl/N-ethyl adjacent to an activating group) is 1. The van der Waals surface area contributed by atoms with Gasteiger partial charge in [-0.05, 0) is 25.6 Å². The Hall–Kier alpha value is -2.27. The maximum Gasteiger partial charge on any atom is 0.124 e. The first-order valence-corrected chi connectivity index (χ1v) is 8.28. The molecule has 0 N–H and O–H groups in total. The third-order valence-corrected chi connectivity index (χ3v) is 4.63. The molecule has 128 valence electrons. The Labute approximate surface area is 143 Å². The van der Waals surface area contributed by atoms with Crippen LogP contribution in [0.1, 0.15) is 12.1 Å². The van der Waals surface area contributed by atoms with E-state index in [4.69, 9.17) is 9.47 Å². The van der Waals surface area contributed by atoms with Crippen molar-refractivity contribution in [2.45, 2.75) is 19.0 Å². The van der Waals surface area contributed by atoms with Crippen LogP contribution in [0.2, 0.25) is 0 Å². The molecule has 2 heterocycles. The third kappa shape index (κ3) is 3.79. The molecule has 0 amide bonds. The minimum absolute atomic E-state index is 0.518. The van der Waals surface area contributed by atoms with Crippen LogP contribution in [0, 0.1) is 0 Å². The number of ether oxygens (including phenoxy) is 2. The van der Waals surface area contributed by atoms with Crippen molar-refractivity contribution in [2.75, 3.05) is 39.3 Å². The molecule has 5 heteroatoms. The Morgan fingerprint density at radius 3 is 2.54 bits per heavy atom. The Morgan fingerprint density at radius 1 is 1.17 bits per heavy atom. The summed E-state index contributed by atoms with van der Waals surface area (Å²) in [5, 5.41) is 0. The van der Waals surface area contributed by atoms with Crippen LogP contribution in [0.5, 0.6) is 11.5 Å². The summed E-state index contributed by atoms with van der Waals surface area (Å²) in [7, 11) is 5.55. The van der Waals surface area contributed by atoms with Crippen LogP contribution in [0.4, 0.5) is 5.69 Å². The summed E-state index contributed by atoms with van der Waals surface area (Å²) < 4.78 is 10.8. The number of rotatable bonds is 6. The Bertz CT molecular complexity index is 641. The number of aromatic nitrogens is 1. The number of pyridine rings is 1. The van der Waals surface area contributed by atoms with Gasteiger partial charge in [0.1, 0.15) is 11.5 Å². The van der Waals surface area contributed by atoms with E-state index in [0.29, 0.717) is 6.04 Å². The van der Waals surface area contributed by atoms with E-state index in [1.54, 1.807) is 14.2 Å². The first kappa shape index (κ1) is 16.6. The maximum absolute atomic E-state index is 5.38. The van der Waals surface area contributed by atoms with Gasteiger partial charge in [0.25, 0.3) is 0 Å². The average Bonchev–Trinajstić information content (AvgIpc) is 3.12. The van der Waals surface area contributed by atoms with Crippen molar-refractivity contribution < 1.29 is 9.47 Å². The SMILES string of the molecule is COc1cc(OC)cc(N2CC[C@@H](N(C)Cc3ccccn3)C2)c1. The molecule has 1 atom stereocenters. The van der Waals surface area contributed by atoms with E-state index >= 15 is 0 Å². The van der Waals surface area contributed by atoms with Gasteiger partial charge >= 0.3 is 0 Å². The van der Waals surface area contributed by atoms with E-state index in [0.717, 1.165) is 48.9 Å². The number of hydrogen-bond acceptors (Lipinski definition) is 5. The van der Waals surface area contributed by atoms with Crippen LogP contribution in [0.3, 0.4) is 0 Å². The van der Waals surface area contributed by atoms with Crippen molar-refractivity contribution in [3.63, 3.8) is 0 Å². The number of anilines is 1. The van der Waals surface area contributed by atoms with Gasteiger partial charge in [-0.15, -0.1) is 0 Å². The molecule has 0 aliphatic carbocycles. The molecule has 0 unspecified atom stereocenters. The van der Waals surface area contributed by atoms with Gasteiger partial charge < -0.3 is 14.4 Å². The Kier molecular flexibility index (Phi) is 5.20. The highest BCUT2D eigenvalue weighted by Crippen LogP contribution is 2.31. The summed E-state index contributed by atoms with van der Waals surface area (Å²) in [5.74, 6) is 1.66. The van der Waals surface area contributed by atoms with Gasteiger partial charge in [-0.1, -0.05) is 6.07 Å². The second-order valence-electron chi connectivity index (χ2n) is 6.20. The summed E-state index contributed by atoms with van der Waals surface area (Å²) in [6.45, 7) is 2.91. The van der Waals surface area contributed by atoms with Gasteiger partial charge in [-0.2, -0.15) is 0 Å². The van der Waals surface area contributed by atoms with Crippen LogP contribution in [0.15, 0.2) is 42.6 Å². The molecule has 1 saturated heterocycles. The van der Waals surface area contributed by atoms with Gasteiger partial charge in [-0.3, -0.25) is 9.88 Å². The predicted octanol–water partition coefficient (Wildman–Crippen LogP) is 2.81. The largest absolute Gasteiger partial charge is 0.497 e. The fourth-order valence-corrected chi connectivity index (χ4v) is 3.19.